The normalized spacial score (nSPS) is 15.1. The minimum absolute atomic E-state index is 0.0446. The third-order valence-electron chi connectivity index (χ3n) is 5.48. The van der Waals surface area contributed by atoms with Gasteiger partial charge in [0.15, 0.2) is 0 Å². The van der Waals surface area contributed by atoms with Crippen LogP contribution in [0.3, 0.4) is 0 Å². The van der Waals surface area contributed by atoms with Gasteiger partial charge in [0.2, 0.25) is 5.91 Å². The quantitative estimate of drug-likeness (QED) is 0.570. The third-order valence-corrected chi connectivity index (χ3v) is 6.58. The van der Waals surface area contributed by atoms with E-state index in [0.717, 1.165) is 16.6 Å². The van der Waals surface area contributed by atoms with Crippen molar-refractivity contribution < 1.29 is 22.8 Å². The molecule has 2 amide bonds. The summed E-state index contributed by atoms with van der Waals surface area (Å²) in [5.74, 6) is -0.590. The van der Waals surface area contributed by atoms with E-state index in [1.165, 1.54) is 29.5 Å². The van der Waals surface area contributed by atoms with Crippen molar-refractivity contribution in [3.63, 3.8) is 0 Å². The number of benzene rings is 1. The van der Waals surface area contributed by atoms with E-state index in [0.29, 0.717) is 37.5 Å². The number of carbonyl (C=O) groups is 2. The lowest BCUT2D eigenvalue weighted by Crippen LogP contribution is -2.38. The first-order chi connectivity index (χ1) is 16.3. The Morgan fingerprint density at radius 1 is 0.971 bits per heavy atom. The van der Waals surface area contributed by atoms with Crippen LogP contribution < -0.4 is 5.32 Å². The Morgan fingerprint density at radius 2 is 1.76 bits per heavy atom. The van der Waals surface area contributed by atoms with Crippen molar-refractivity contribution in [3.8, 4) is 10.6 Å². The Balaban J connectivity index is 1.34. The molecule has 1 aromatic carbocycles. The van der Waals surface area contributed by atoms with Crippen molar-refractivity contribution >= 4 is 28.8 Å². The van der Waals surface area contributed by atoms with E-state index >= 15 is 0 Å². The minimum atomic E-state index is -4.55. The summed E-state index contributed by atoms with van der Waals surface area (Å²) in [5, 5.41) is 2.38. The maximum atomic E-state index is 13.2. The molecule has 178 valence electrons. The van der Waals surface area contributed by atoms with E-state index in [1.807, 2.05) is 29.2 Å². The van der Waals surface area contributed by atoms with E-state index in [4.69, 9.17) is 0 Å². The smallest absolute Gasteiger partial charge is 0.337 e. The molecular formula is C24H23F3N4O2S. The van der Waals surface area contributed by atoms with Crippen molar-refractivity contribution in [1.82, 2.24) is 14.8 Å². The summed E-state index contributed by atoms with van der Waals surface area (Å²) < 4.78 is 39.5. The van der Waals surface area contributed by atoms with Crippen LogP contribution in [-0.2, 0) is 11.0 Å². The van der Waals surface area contributed by atoms with Crippen LogP contribution >= 0.6 is 11.3 Å². The van der Waals surface area contributed by atoms with Gasteiger partial charge in [0.1, 0.15) is 0 Å². The molecule has 1 aliphatic heterocycles. The van der Waals surface area contributed by atoms with Crippen molar-refractivity contribution in [2.75, 3.05) is 38.0 Å². The molecule has 0 atom stereocenters. The number of alkyl halides is 3. The molecule has 0 spiro atoms. The highest BCUT2D eigenvalue weighted by molar-refractivity contribution is 7.17. The molecule has 2 aromatic heterocycles. The Morgan fingerprint density at radius 3 is 2.53 bits per heavy atom. The highest BCUT2D eigenvalue weighted by Crippen LogP contribution is 2.34. The number of aromatic nitrogens is 1. The number of thiophene rings is 1. The standard InChI is InChI=1S/C24H23F3N4O2S/c25-24(26,27)17-6-1-2-7-18(17)29-22(32)16-30-12-5-13-31(15-14-30)23(33)21-10-9-20(34-21)19-8-3-4-11-28-19/h1-4,6-11H,5,12-16H2,(H,29,32). The van der Waals surface area contributed by atoms with E-state index in [2.05, 4.69) is 10.3 Å². The highest BCUT2D eigenvalue weighted by atomic mass is 32.1. The summed E-state index contributed by atoms with van der Waals surface area (Å²) in [7, 11) is 0. The fraction of sp³-hybridized carbons (Fsp3) is 0.292. The van der Waals surface area contributed by atoms with Crippen molar-refractivity contribution in [2.24, 2.45) is 0 Å². The third kappa shape index (κ3) is 5.81. The molecule has 10 heteroatoms. The van der Waals surface area contributed by atoms with Crippen LogP contribution in [0.1, 0.15) is 21.7 Å². The second-order valence-corrected chi connectivity index (χ2v) is 8.98. The highest BCUT2D eigenvalue weighted by Gasteiger charge is 2.33. The monoisotopic (exact) mass is 488 g/mol. The van der Waals surface area contributed by atoms with Gasteiger partial charge in [-0.05, 0) is 42.8 Å². The van der Waals surface area contributed by atoms with Crippen molar-refractivity contribution in [3.05, 3.63) is 71.2 Å². The molecule has 1 N–H and O–H groups in total. The zero-order valence-electron chi connectivity index (χ0n) is 18.2. The number of rotatable bonds is 5. The molecule has 4 rings (SSSR count). The first-order valence-corrected chi connectivity index (χ1v) is 11.6. The average molecular weight is 489 g/mol. The lowest BCUT2D eigenvalue weighted by atomic mass is 10.1. The predicted octanol–water partition coefficient (Wildman–Crippen LogP) is 4.62. The molecule has 1 saturated heterocycles. The van der Waals surface area contributed by atoms with E-state index < -0.39 is 17.6 Å². The van der Waals surface area contributed by atoms with Gasteiger partial charge in [0.05, 0.1) is 33.2 Å². The first kappa shape index (κ1) is 23.9. The molecule has 0 saturated carbocycles. The fourth-order valence-electron chi connectivity index (χ4n) is 3.82. The molecule has 0 unspecified atom stereocenters. The zero-order valence-corrected chi connectivity index (χ0v) is 19.0. The first-order valence-electron chi connectivity index (χ1n) is 10.8. The Labute approximate surface area is 199 Å². The van der Waals surface area contributed by atoms with Crippen LogP contribution in [0.2, 0.25) is 0 Å². The topological polar surface area (TPSA) is 65.5 Å². The van der Waals surface area contributed by atoms with Crippen molar-refractivity contribution in [1.29, 1.82) is 0 Å². The molecule has 0 radical (unpaired) electrons. The van der Waals surface area contributed by atoms with Gasteiger partial charge in [-0.25, -0.2) is 0 Å². The number of pyridine rings is 1. The van der Waals surface area contributed by atoms with Gasteiger partial charge in [-0.1, -0.05) is 18.2 Å². The Hall–Kier alpha value is -3.24. The zero-order chi connectivity index (χ0) is 24.1. The Bertz CT molecular complexity index is 1150. The molecule has 6 nitrogen and oxygen atoms in total. The molecule has 0 bridgehead atoms. The minimum Gasteiger partial charge on any atom is -0.337 e. The van der Waals surface area contributed by atoms with E-state index in [1.54, 1.807) is 17.2 Å². The number of nitrogens with one attached hydrogen (secondary N) is 1. The summed E-state index contributed by atoms with van der Waals surface area (Å²) in [5.41, 5.74) is -0.322. The lowest BCUT2D eigenvalue weighted by Gasteiger charge is -2.21. The maximum Gasteiger partial charge on any atom is 0.418 e. The van der Waals surface area contributed by atoms with Gasteiger partial charge in [-0.15, -0.1) is 11.3 Å². The molecule has 3 heterocycles. The molecule has 34 heavy (non-hydrogen) atoms. The van der Waals surface area contributed by atoms with Gasteiger partial charge in [0.25, 0.3) is 5.91 Å². The number of carbonyl (C=O) groups excluding carboxylic acids is 2. The number of anilines is 1. The van der Waals surface area contributed by atoms with Crippen LogP contribution in [0, 0.1) is 0 Å². The molecule has 0 aliphatic carbocycles. The summed E-state index contributed by atoms with van der Waals surface area (Å²) in [6, 6.07) is 14.2. The number of para-hydroxylation sites is 1. The number of halogens is 3. The van der Waals surface area contributed by atoms with Crippen LogP contribution in [0.25, 0.3) is 10.6 Å². The SMILES string of the molecule is O=C(CN1CCCN(C(=O)c2ccc(-c3ccccn3)s2)CC1)Nc1ccccc1C(F)(F)F. The molecule has 3 aromatic rings. The van der Waals surface area contributed by atoms with Gasteiger partial charge in [-0.3, -0.25) is 19.5 Å². The average Bonchev–Trinajstić information content (AvgIpc) is 3.20. The number of hydrogen-bond acceptors (Lipinski definition) is 5. The fourth-order valence-corrected chi connectivity index (χ4v) is 4.77. The van der Waals surface area contributed by atoms with Crippen molar-refractivity contribution in [2.45, 2.75) is 12.6 Å². The van der Waals surface area contributed by atoms with E-state index in [-0.39, 0.29) is 18.1 Å². The lowest BCUT2D eigenvalue weighted by molar-refractivity contribution is -0.137. The summed E-state index contributed by atoms with van der Waals surface area (Å²) in [4.78, 5) is 34.9. The number of nitrogens with zero attached hydrogens (tertiary/aromatic N) is 3. The van der Waals surface area contributed by atoms with Crippen LogP contribution in [0.4, 0.5) is 18.9 Å². The number of hydrogen-bond donors (Lipinski definition) is 1. The van der Waals surface area contributed by atoms with Gasteiger partial charge in [0, 0.05) is 32.4 Å². The molecular weight excluding hydrogens is 465 g/mol. The molecule has 1 fully saturated rings. The summed E-state index contributed by atoms with van der Waals surface area (Å²) >= 11 is 1.39. The second-order valence-electron chi connectivity index (χ2n) is 7.89. The predicted molar refractivity (Wildman–Crippen MR) is 125 cm³/mol. The van der Waals surface area contributed by atoms with E-state index in [9.17, 15) is 22.8 Å². The van der Waals surface area contributed by atoms with Crippen LogP contribution in [0.15, 0.2) is 60.8 Å². The van der Waals surface area contributed by atoms with Crippen LogP contribution in [0.5, 0.6) is 0 Å². The summed E-state index contributed by atoms with van der Waals surface area (Å²) in [6.07, 6.45) is -2.18. The maximum absolute atomic E-state index is 13.2. The van der Waals surface area contributed by atoms with Gasteiger partial charge >= 0.3 is 6.18 Å². The Kier molecular flexibility index (Phi) is 7.28. The van der Waals surface area contributed by atoms with Crippen LogP contribution in [-0.4, -0.2) is 59.3 Å². The second kappa shape index (κ2) is 10.4. The summed E-state index contributed by atoms with van der Waals surface area (Å²) in [6.45, 7) is 1.96. The molecule has 1 aliphatic rings. The van der Waals surface area contributed by atoms with Gasteiger partial charge in [-0.2, -0.15) is 13.2 Å². The van der Waals surface area contributed by atoms with Gasteiger partial charge < -0.3 is 10.2 Å². The largest absolute Gasteiger partial charge is 0.418 e. The number of amides is 2.